The van der Waals surface area contributed by atoms with Gasteiger partial charge in [0, 0.05) is 18.0 Å². The zero-order valence-corrected chi connectivity index (χ0v) is 10.3. The van der Waals surface area contributed by atoms with Gasteiger partial charge in [0.2, 0.25) is 0 Å². The maximum absolute atomic E-state index is 9.89. The summed E-state index contributed by atoms with van der Waals surface area (Å²) >= 11 is 1.64. The van der Waals surface area contributed by atoms with Gasteiger partial charge in [-0.3, -0.25) is 0 Å². The van der Waals surface area contributed by atoms with Crippen LogP contribution in [-0.2, 0) is 0 Å². The molecule has 0 aliphatic rings. The molecule has 0 aliphatic carbocycles. The van der Waals surface area contributed by atoms with Crippen LogP contribution in [0.5, 0.6) is 0 Å². The van der Waals surface area contributed by atoms with Crippen molar-refractivity contribution in [1.82, 2.24) is 0 Å². The van der Waals surface area contributed by atoms with Gasteiger partial charge < -0.3 is 15.9 Å². The van der Waals surface area contributed by atoms with Crippen LogP contribution in [-0.4, -0.2) is 28.3 Å². The van der Waals surface area contributed by atoms with Crippen molar-refractivity contribution in [2.75, 3.05) is 23.8 Å². The van der Waals surface area contributed by atoms with Crippen molar-refractivity contribution in [1.29, 1.82) is 0 Å². The van der Waals surface area contributed by atoms with E-state index in [4.69, 9.17) is 10.8 Å². The smallest absolute Gasteiger partial charge is 0.0881 e. The summed E-state index contributed by atoms with van der Waals surface area (Å²) in [5.41, 5.74) is 7.17. The number of nitrogens with two attached hydrogens (primary N) is 1. The van der Waals surface area contributed by atoms with Crippen molar-refractivity contribution >= 4 is 17.4 Å². The number of benzene rings is 1. The van der Waals surface area contributed by atoms with Crippen molar-refractivity contribution in [3.8, 4) is 0 Å². The van der Waals surface area contributed by atoms with E-state index in [0.29, 0.717) is 11.4 Å². The highest BCUT2D eigenvalue weighted by Crippen LogP contribution is 2.21. The van der Waals surface area contributed by atoms with Gasteiger partial charge in [-0.05, 0) is 29.4 Å². The molecule has 0 fully saturated rings. The molecule has 0 heterocycles. The lowest BCUT2D eigenvalue weighted by Crippen LogP contribution is -2.07. The summed E-state index contributed by atoms with van der Waals surface area (Å²) in [5.74, 6) is 1.77. The molecule has 2 unspecified atom stereocenters. The normalized spacial score (nSPS) is 14.7. The van der Waals surface area contributed by atoms with Crippen LogP contribution in [0.1, 0.15) is 18.6 Å². The van der Waals surface area contributed by atoms with Crippen molar-refractivity contribution in [3.05, 3.63) is 29.8 Å². The fourth-order valence-electron chi connectivity index (χ4n) is 1.30. The molecule has 4 N–H and O–H groups in total. The Morgan fingerprint density at radius 1 is 1.38 bits per heavy atom. The number of hydrogen-bond acceptors (Lipinski definition) is 4. The second-order valence-electron chi connectivity index (χ2n) is 4.01. The summed E-state index contributed by atoms with van der Waals surface area (Å²) in [7, 11) is 0. The van der Waals surface area contributed by atoms with Crippen LogP contribution < -0.4 is 5.73 Å². The van der Waals surface area contributed by atoms with E-state index in [2.05, 4.69) is 0 Å². The summed E-state index contributed by atoms with van der Waals surface area (Å²) in [6.07, 6.45) is -0.487. The third-order valence-corrected chi connectivity index (χ3v) is 3.64. The third-order valence-electron chi connectivity index (χ3n) is 2.29. The molecule has 0 aromatic heterocycles. The molecule has 90 valence electrons. The Hall–Kier alpha value is -0.710. The van der Waals surface area contributed by atoms with Gasteiger partial charge in [-0.15, -0.1) is 0 Å². The molecule has 0 spiro atoms. The Labute approximate surface area is 101 Å². The topological polar surface area (TPSA) is 66.5 Å². The summed E-state index contributed by atoms with van der Waals surface area (Å²) in [6, 6.07) is 7.31. The van der Waals surface area contributed by atoms with E-state index in [1.54, 1.807) is 23.9 Å². The maximum Gasteiger partial charge on any atom is 0.0881 e. The summed E-state index contributed by atoms with van der Waals surface area (Å²) < 4.78 is 0. The highest BCUT2D eigenvalue weighted by Gasteiger charge is 2.08. The zero-order chi connectivity index (χ0) is 12.0. The molecule has 4 heteroatoms. The Morgan fingerprint density at radius 2 is 2.12 bits per heavy atom. The molecule has 1 rings (SSSR count). The van der Waals surface area contributed by atoms with E-state index in [1.165, 1.54) is 0 Å². The highest BCUT2D eigenvalue weighted by molar-refractivity contribution is 7.99. The maximum atomic E-state index is 9.89. The first-order valence-corrected chi connectivity index (χ1v) is 6.51. The van der Waals surface area contributed by atoms with E-state index < -0.39 is 6.10 Å². The largest absolute Gasteiger partial charge is 0.399 e. The lowest BCUT2D eigenvalue weighted by molar-refractivity contribution is 0.204. The summed E-state index contributed by atoms with van der Waals surface area (Å²) in [6.45, 7) is 2.18. The molecule has 0 radical (unpaired) electrons. The van der Waals surface area contributed by atoms with Crippen LogP contribution in [0.2, 0.25) is 0 Å². The Kier molecular flexibility index (Phi) is 5.66. The van der Waals surface area contributed by atoms with Gasteiger partial charge in [0.05, 0.1) is 6.10 Å². The molecule has 1 aromatic rings. The minimum absolute atomic E-state index is 0.196. The predicted molar refractivity (Wildman–Crippen MR) is 69.4 cm³/mol. The number of hydrogen-bond donors (Lipinski definition) is 3. The van der Waals surface area contributed by atoms with Gasteiger partial charge in [-0.2, -0.15) is 11.8 Å². The van der Waals surface area contributed by atoms with Crippen LogP contribution in [0.3, 0.4) is 0 Å². The summed E-state index contributed by atoms with van der Waals surface area (Å²) in [5, 5.41) is 18.8. The first kappa shape index (κ1) is 13.4. The fourth-order valence-corrected chi connectivity index (χ4v) is 2.36. The molecule has 1 aromatic carbocycles. The van der Waals surface area contributed by atoms with Gasteiger partial charge in [-0.25, -0.2) is 0 Å². The lowest BCUT2D eigenvalue weighted by Gasteiger charge is -2.12. The van der Waals surface area contributed by atoms with Crippen LogP contribution in [0.4, 0.5) is 5.69 Å². The third kappa shape index (κ3) is 4.43. The molecular weight excluding hydrogens is 222 g/mol. The van der Waals surface area contributed by atoms with E-state index in [-0.39, 0.29) is 12.5 Å². The van der Waals surface area contributed by atoms with Crippen LogP contribution in [0.25, 0.3) is 0 Å². The van der Waals surface area contributed by atoms with Crippen LogP contribution in [0.15, 0.2) is 24.3 Å². The molecule has 3 nitrogen and oxygen atoms in total. The molecule has 0 saturated carbocycles. The molecule has 16 heavy (non-hydrogen) atoms. The number of aliphatic hydroxyl groups excluding tert-OH is 2. The van der Waals surface area contributed by atoms with Crippen LogP contribution >= 0.6 is 11.8 Å². The number of thioether (sulfide) groups is 1. The van der Waals surface area contributed by atoms with E-state index in [9.17, 15) is 5.11 Å². The number of nitrogen functional groups attached to an aromatic ring is 1. The van der Waals surface area contributed by atoms with Crippen molar-refractivity contribution < 1.29 is 10.2 Å². The molecule has 0 amide bonds. The Morgan fingerprint density at radius 3 is 2.75 bits per heavy atom. The van der Waals surface area contributed by atoms with Gasteiger partial charge in [0.15, 0.2) is 0 Å². The Bertz CT molecular complexity index is 320. The number of rotatable bonds is 6. The SMILES string of the molecule is CC(CO)CSCC(O)c1cccc(N)c1. The minimum Gasteiger partial charge on any atom is -0.399 e. The van der Waals surface area contributed by atoms with E-state index >= 15 is 0 Å². The number of aliphatic hydroxyl groups is 2. The standard InChI is InChI=1S/C12H19NO2S/c1-9(6-14)7-16-8-12(15)10-3-2-4-11(13)5-10/h2-5,9,12,14-15H,6-8,13H2,1H3. The first-order valence-electron chi connectivity index (χ1n) is 5.35. The summed E-state index contributed by atoms with van der Waals surface area (Å²) in [4.78, 5) is 0. The Balaban J connectivity index is 2.38. The molecule has 0 bridgehead atoms. The van der Waals surface area contributed by atoms with Crippen molar-refractivity contribution in [2.45, 2.75) is 13.0 Å². The van der Waals surface area contributed by atoms with Crippen LogP contribution in [0, 0.1) is 5.92 Å². The van der Waals surface area contributed by atoms with Gasteiger partial charge in [0.25, 0.3) is 0 Å². The molecular formula is C12H19NO2S. The molecule has 2 atom stereocenters. The second-order valence-corrected chi connectivity index (χ2v) is 5.09. The van der Waals surface area contributed by atoms with E-state index in [0.717, 1.165) is 11.3 Å². The monoisotopic (exact) mass is 241 g/mol. The second kappa shape index (κ2) is 6.78. The fraction of sp³-hybridized carbons (Fsp3) is 0.500. The molecule has 0 aliphatic heterocycles. The van der Waals surface area contributed by atoms with Crippen molar-refractivity contribution in [2.24, 2.45) is 5.92 Å². The van der Waals surface area contributed by atoms with E-state index in [1.807, 2.05) is 19.1 Å². The first-order chi connectivity index (χ1) is 7.63. The van der Waals surface area contributed by atoms with Gasteiger partial charge in [0.1, 0.15) is 0 Å². The lowest BCUT2D eigenvalue weighted by atomic mass is 10.1. The average Bonchev–Trinajstić information content (AvgIpc) is 2.28. The highest BCUT2D eigenvalue weighted by atomic mass is 32.2. The minimum atomic E-state index is -0.487. The van der Waals surface area contributed by atoms with Gasteiger partial charge in [-0.1, -0.05) is 19.1 Å². The number of anilines is 1. The average molecular weight is 241 g/mol. The quantitative estimate of drug-likeness (QED) is 0.663. The van der Waals surface area contributed by atoms with Gasteiger partial charge >= 0.3 is 0 Å². The zero-order valence-electron chi connectivity index (χ0n) is 9.47. The van der Waals surface area contributed by atoms with Crippen molar-refractivity contribution in [3.63, 3.8) is 0 Å². The molecule has 0 saturated heterocycles. The predicted octanol–water partition coefficient (Wildman–Crippen LogP) is 1.66.